The van der Waals surface area contributed by atoms with Crippen LogP contribution < -0.4 is 20.7 Å². The van der Waals surface area contributed by atoms with Gasteiger partial charge in [0.05, 0.1) is 22.0 Å². The van der Waals surface area contributed by atoms with Gasteiger partial charge in [-0.05, 0) is 59.3 Å². The second kappa shape index (κ2) is 8.55. The first-order valence-electron chi connectivity index (χ1n) is 12.1. The lowest BCUT2D eigenvalue weighted by Crippen LogP contribution is -2.30. The van der Waals surface area contributed by atoms with E-state index in [2.05, 4.69) is 4.98 Å². The Bertz CT molecular complexity index is 1840. The molecule has 4 aromatic carbocycles. The third-order valence-electron chi connectivity index (χ3n) is 6.83. The van der Waals surface area contributed by atoms with E-state index in [0.29, 0.717) is 16.8 Å². The maximum Gasteiger partial charge on any atom is 0.178 e. The topological polar surface area (TPSA) is 52.1 Å². The summed E-state index contributed by atoms with van der Waals surface area (Å²) in [5, 5.41) is 4.32. The van der Waals surface area contributed by atoms with Gasteiger partial charge in [-0.1, -0.05) is 66.7 Å². The molecule has 0 N–H and O–H groups in total. The minimum Gasteiger partial charge on any atom is -0.456 e. The number of aromatic nitrogens is 2. The summed E-state index contributed by atoms with van der Waals surface area (Å²) in [7, 11) is -3.17. The van der Waals surface area contributed by atoms with E-state index < -0.39 is 7.14 Å². The van der Waals surface area contributed by atoms with Gasteiger partial charge in [0.25, 0.3) is 0 Å². The molecule has 5 heteroatoms. The summed E-state index contributed by atoms with van der Waals surface area (Å²) in [6.45, 7) is 0. The zero-order valence-electron chi connectivity index (χ0n) is 19.8. The van der Waals surface area contributed by atoms with Crippen LogP contribution in [-0.4, -0.2) is 9.97 Å². The van der Waals surface area contributed by atoms with E-state index in [1.807, 2.05) is 115 Å². The van der Waals surface area contributed by atoms with Crippen LogP contribution in [0.2, 0.25) is 0 Å². The first-order valence-corrected chi connectivity index (χ1v) is 13.8. The summed E-state index contributed by atoms with van der Waals surface area (Å²) in [5.41, 5.74) is 3.59. The molecule has 0 fully saturated rings. The van der Waals surface area contributed by atoms with Crippen molar-refractivity contribution >= 4 is 33.8 Å². The quantitative estimate of drug-likeness (QED) is 0.255. The number of benzene rings is 4. The van der Waals surface area contributed by atoms with Gasteiger partial charge < -0.3 is 9.30 Å². The Kier molecular flexibility index (Phi) is 5.02. The number of hydrogen-bond donors (Lipinski definition) is 0. The molecule has 0 bridgehead atoms. The molecule has 0 amide bonds. The van der Waals surface area contributed by atoms with E-state index in [-0.39, 0.29) is 0 Å². The molecular weight excluding hydrogens is 475 g/mol. The molecule has 0 aliphatic carbocycles. The average Bonchev–Trinajstić information content (AvgIpc) is 2.97. The lowest BCUT2D eigenvalue weighted by atomic mass is 10.1. The van der Waals surface area contributed by atoms with Crippen molar-refractivity contribution in [3.8, 4) is 34.0 Å². The molecule has 0 saturated heterocycles. The largest absolute Gasteiger partial charge is 0.456 e. The van der Waals surface area contributed by atoms with Crippen LogP contribution in [0.4, 0.5) is 0 Å². The first kappa shape index (κ1) is 21.7. The fourth-order valence-corrected chi connectivity index (χ4v) is 7.85. The predicted octanol–water partition coefficient (Wildman–Crippen LogP) is 6.71. The molecule has 6 aromatic rings. The summed E-state index contributed by atoms with van der Waals surface area (Å²) in [6.07, 6.45) is 3.53. The average molecular weight is 497 g/mol. The minimum atomic E-state index is -3.17. The molecule has 37 heavy (non-hydrogen) atoms. The first-order chi connectivity index (χ1) is 18.2. The van der Waals surface area contributed by atoms with E-state index in [1.54, 1.807) is 12.4 Å². The van der Waals surface area contributed by atoms with Crippen molar-refractivity contribution in [3.05, 3.63) is 128 Å². The SMILES string of the molecule is O=P1(c2ccccc2)c2ccc(-c3cccc(-c4ccncc4)n3)cc2Oc2cc3ccccc3cc21. The van der Waals surface area contributed by atoms with Crippen molar-refractivity contribution in [3.63, 3.8) is 0 Å². The third kappa shape index (κ3) is 3.57. The molecule has 2 aromatic heterocycles. The summed E-state index contributed by atoms with van der Waals surface area (Å²) in [4.78, 5) is 8.99. The third-order valence-corrected chi connectivity index (χ3v) is 9.93. The van der Waals surface area contributed by atoms with Crippen molar-refractivity contribution in [1.29, 1.82) is 0 Å². The van der Waals surface area contributed by atoms with Crippen molar-refractivity contribution in [2.24, 2.45) is 0 Å². The molecule has 3 heterocycles. The predicted molar refractivity (Wildman–Crippen MR) is 150 cm³/mol. The van der Waals surface area contributed by atoms with Gasteiger partial charge in [-0.2, -0.15) is 0 Å². The zero-order chi connectivity index (χ0) is 24.8. The molecule has 7 rings (SSSR count). The standard InChI is InChI=1S/C32H21N2O2P/c35-37(26-9-2-1-3-10-26)31-14-13-25(28-12-6-11-27(34-28)22-15-17-33-18-16-22)20-29(31)36-30-19-23-7-4-5-8-24(23)21-32(30)37/h1-21H. The summed E-state index contributed by atoms with van der Waals surface area (Å²) in [6, 6.07) is 37.6. The fraction of sp³-hybridized carbons (Fsp3) is 0. The van der Waals surface area contributed by atoms with E-state index >= 15 is 4.57 Å². The van der Waals surface area contributed by atoms with Crippen molar-refractivity contribution in [2.45, 2.75) is 0 Å². The molecule has 1 aliphatic heterocycles. The Morgan fingerprint density at radius 1 is 0.568 bits per heavy atom. The van der Waals surface area contributed by atoms with Crippen molar-refractivity contribution in [2.75, 3.05) is 0 Å². The molecule has 4 nitrogen and oxygen atoms in total. The lowest BCUT2D eigenvalue weighted by Gasteiger charge is -2.29. The highest BCUT2D eigenvalue weighted by molar-refractivity contribution is 7.85. The van der Waals surface area contributed by atoms with Crippen LogP contribution in [0.1, 0.15) is 0 Å². The van der Waals surface area contributed by atoms with Crippen LogP contribution >= 0.6 is 7.14 Å². The minimum absolute atomic E-state index is 0.601. The number of fused-ring (bicyclic) bond motifs is 3. The van der Waals surface area contributed by atoms with E-state index in [1.165, 1.54) is 0 Å². The second-order valence-electron chi connectivity index (χ2n) is 9.04. The number of pyridine rings is 2. The maximum atomic E-state index is 15.1. The van der Waals surface area contributed by atoms with Crippen LogP contribution in [0.25, 0.3) is 33.3 Å². The number of nitrogens with zero attached hydrogens (tertiary/aromatic N) is 2. The van der Waals surface area contributed by atoms with Crippen LogP contribution in [0.15, 0.2) is 128 Å². The van der Waals surface area contributed by atoms with E-state index in [0.717, 1.165) is 43.9 Å². The van der Waals surface area contributed by atoms with Gasteiger partial charge in [0, 0.05) is 28.8 Å². The second-order valence-corrected chi connectivity index (χ2v) is 11.7. The smallest absolute Gasteiger partial charge is 0.178 e. The number of ether oxygens (including phenoxy) is 1. The fourth-order valence-electron chi connectivity index (χ4n) is 4.99. The Labute approximate surface area is 214 Å². The van der Waals surface area contributed by atoms with Crippen molar-refractivity contribution < 1.29 is 9.30 Å². The molecule has 1 atom stereocenters. The Morgan fingerprint density at radius 2 is 1.24 bits per heavy atom. The normalized spacial score (nSPS) is 16.0. The molecule has 1 unspecified atom stereocenters. The summed E-state index contributed by atoms with van der Waals surface area (Å²) >= 11 is 0. The molecule has 1 aliphatic rings. The summed E-state index contributed by atoms with van der Waals surface area (Å²) in [5.74, 6) is 1.23. The molecule has 0 saturated carbocycles. The van der Waals surface area contributed by atoms with Gasteiger partial charge in [-0.15, -0.1) is 0 Å². The molecule has 0 radical (unpaired) electrons. The van der Waals surface area contributed by atoms with Crippen molar-refractivity contribution in [1.82, 2.24) is 9.97 Å². The van der Waals surface area contributed by atoms with E-state index in [4.69, 9.17) is 9.72 Å². The zero-order valence-corrected chi connectivity index (χ0v) is 20.7. The monoisotopic (exact) mass is 496 g/mol. The molecular formula is C32H21N2O2P. The van der Waals surface area contributed by atoms with Crippen LogP contribution in [0, 0.1) is 0 Å². The van der Waals surface area contributed by atoms with E-state index in [9.17, 15) is 0 Å². The van der Waals surface area contributed by atoms with Crippen LogP contribution in [0.3, 0.4) is 0 Å². The van der Waals surface area contributed by atoms with Gasteiger partial charge in [0.15, 0.2) is 7.14 Å². The van der Waals surface area contributed by atoms with Gasteiger partial charge in [-0.3, -0.25) is 4.98 Å². The Hall–Kier alpha value is -4.53. The highest BCUT2D eigenvalue weighted by Crippen LogP contribution is 2.52. The highest BCUT2D eigenvalue weighted by Gasteiger charge is 2.39. The van der Waals surface area contributed by atoms with Gasteiger partial charge in [0.1, 0.15) is 11.5 Å². The maximum absolute atomic E-state index is 15.1. The molecule has 0 spiro atoms. The Balaban J connectivity index is 1.41. The Morgan fingerprint density at radius 3 is 2.03 bits per heavy atom. The van der Waals surface area contributed by atoms with Gasteiger partial charge in [0.2, 0.25) is 0 Å². The van der Waals surface area contributed by atoms with Crippen LogP contribution in [0.5, 0.6) is 11.5 Å². The van der Waals surface area contributed by atoms with Crippen LogP contribution in [-0.2, 0) is 4.57 Å². The lowest BCUT2D eigenvalue weighted by molar-refractivity contribution is 0.486. The number of rotatable bonds is 3. The molecule has 176 valence electrons. The summed E-state index contributed by atoms with van der Waals surface area (Å²) < 4.78 is 21.6. The number of hydrogen-bond acceptors (Lipinski definition) is 4. The highest BCUT2D eigenvalue weighted by atomic mass is 31.2. The van der Waals surface area contributed by atoms with Gasteiger partial charge >= 0.3 is 0 Å². The van der Waals surface area contributed by atoms with Gasteiger partial charge in [-0.25, -0.2) is 4.98 Å².